The molecule has 130 valence electrons. The van der Waals surface area contributed by atoms with Crippen LogP contribution in [0.15, 0.2) is 30.3 Å². The zero-order valence-corrected chi connectivity index (χ0v) is 14.5. The van der Waals surface area contributed by atoms with Crippen LogP contribution >= 0.6 is 0 Å². The first-order valence-electron chi connectivity index (χ1n) is 8.19. The molecule has 0 aromatic heterocycles. The normalized spacial score (nSPS) is 15.1. The molecule has 6 heteroatoms. The van der Waals surface area contributed by atoms with E-state index in [4.69, 9.17) is 0 Å². The molecule has 3 amide bonds. The van der Waals surface area contributed by atoms with Gasteiger partial charge in [0.15, 0.2) is 0 Å². The van der Waals surface area contributed by atoms with Gasteiger partial charge in [0.2, 0.25) is 11.8 Å². The van der Waals surface area contributed by atoms with E-state index < -0.39 is 5.41 Å². The van der Waals surface area contributed by atoms with Crippen molar-refractivity contribution in [3.05, 3.63) is 35.9 Å². The van der Waals surface area contributed by atoms with Gasteiger partial charge in [0.05, 0.1) is 6.54 Å². The van der Waals surface area contributed by atoms with Crippen LogP contribution in [0.5, 0.6) is 0 Å². The van der Waals surface area contributed by atoms with Crippen LogP contribution in [0.25, 0.3) is 0 Å². The molecular formula is C18H25N3O3. The molecule has 1 heterocycles. The summed E-state index contributed by atoms with van der Waals surface area (Å²) >= 11 is 0. The number of hydrogen-bond donors (Lipinski definition) is 1. The van der Waals surface area contributed by atoms with Crippen molar-refractivity contribution in [2.24, 2.45) is 5.41 Å². The predicted octanol–water partition coefficient (Wildman–Crippen LogP) is 1.13. The average molecular weight is 331 g/mol. The molecule has 0 bridgehead atoms. The summed E-state index contributed by atoms with van der Waals surface area (Å²) in [4.78, 5) is 39.8. The highest BCUT2D eigenvalue weighted by molar-refractivity contribution is 5.94. The Balaban J connectivity index is 1.81. The standard InChI is InChI=1S/C18H25N3O3/c1-18(2,3)17(24)19-13-15(22)20-9-11-21(12-10-20)16(23)14-7-5-4-6-8-14/h4-8H,9-13H2,1-3H3,(H,19,24). The Hall–Kier alpha value is -2.37. The lowest BCUT2D eigenvalue weighted by molar-refractivity contribution is -0.136. The maximum absolute atomic E-state index is 12.4. The van der Waals surface area contributed by atoms with Gasteiger partial charge in [-0.3, -0.25) is 14.4 Å². The predicted molar refractivity (Wildman–Crippen MR) is 91.4 cm³/mol. The van der Waals surface area contributed by atoms with E-state index in [2.05, 4.69) is 5.32 Å². The van der Waals surface area contributed by atoms with Crippen molar-refractivity contribution in [3.8, 4) is 0 Å². The first-order chi connectivity index (χ1) is 11.3. The highest BCUT2D eigenvalue weighted by atomic mass is 16.2. The minimum atomic E-state index is -0.513. The van der Waals surface area contributed by atoms with Gasteiger partial charge in [-0.05, 0) is 12.1 Å². The van der Waals surface area contributed by atoms with Crippen molar-refractivity contribution >= 4 is 17.7 Å². The number of benzene rings is 1. The van der Waals surface area contributed by atoms with Crippen LogP contribution in [-0.4, -0.2) is 60.2 Å². The number of piperazine rings is 1. The van der Waals surface area contributed by atoms with Gasteiger partial charge in [-0.2, -0.15) is 0 Å². The fourth-order valence-corrected chi connectivity index (χ4v) is 2.46. The summed E-state index contributed by atoms with van der Waals surface area (Å²) < 4.78 is 0. The van der Waals surface area contributed by atoms with Crippen LogP contribution in [0.1, 0.15) is 31.1 Å². The van der Waals surface area contributed by atoms with Gasteiger partial charge in [0.25, 0.3) is 5.91 Å². The molecule has 0 saturated carbocycles. The third-order valence-corrected chi connectivity index (χ3v) is 4.02. The van der Waals surface area contributed by atoms with Gasteiger partial charge >= 0.3 is 0 Å². The first kappa shape index (κ1) is 18.0. The zero-order valence-electron chi connectivity index (χ0n) is 14.5. The zero-order chi connectivity index (χ0) is 17.7. The van der Waals surface area contributed by atoms with Crippen LogP contribution in [0, 0.1) is 5.41 Å². The van der Waals surface area contributed by atoms with E-state index in [0.717, 1.165) is 0 Å². The summed E-state index contributed by atoms with van der Waals surface area (Å²) in [5.74, 6) is -0.267. The molecule has 1 aromatic rings. The third kappa shape index (κ3) is 4.57. The molecule has 6 nitrogen and oxygen atoms in total. The molecule has 1 N–H and O–H groups in total. The molecule has 0 radical (unpaired) electrons. The first-order valence-corrected chi connectivity index (χ1v) is 8.19. The number of nitrogens with zero attached hydrogens (tertiary/aromatic N) is 2. The molecule has 1 aliphatic rings. The highest BCUT2D eigenvalue weighted by Crippen LogP contribution is 2.12. The Bertz CT molecular complexity index is 600. The van der Waals surface area contributed by atoms with Crippen LogP contribution in [0.2, 0.25) is 0 Å². The van der Waals surface area contributed by atoms with Crippen molar-refractivity contribution in [3.63, 3.8) is 0 Å². The molecule has 1 fully saturated rings. The summed E-state index contributed by atoms with van der Waals surface area (Å²) in [6, 6.07) is 9.14. The molecule has 0 spiro atoms. The van der Waals surface area contributed by atoms with Crippen molar-refractivity contribution in [1.82, 2.24) is 15.1 Å². The van der Waals surface area contributed by atoms with Crippen LogP contribution in [0.3, 0.4) is 0 Å². The van der Waals surface area contributed by atoms with Crippen LogP contribution < -0.4 is 5.32 Å². The van der Waals surface area contributed by atoms with E-state index >= 15 is 0 Å². The van der Waals surface area contributed by atoms with Crippen molar-refractivity contribution < 1.29 is 14.4 Å². The molecule has 24 heavy (non-hydrogen) atoms. The second-order valence-corrected chi connectivity index (χ2v) is 6.97. The summed E-state index contributed by atoms with van der Waals surface area (Å²) in [6.45, 7) is 7.41. The Morgan fingerprint density at radius 3 is 2.04 bits per heavy atom. The topological polar surface area (TPSA) is 69.7 Å². The van der Waals surface area contributed by atoms with E-state index in [0.29, 0.717) is 31.7 Å². The van der Waals surface area contributed by atoms with Gasteiger partial charge in [-0.1, -0.05) is 39.0 Å². The van der Waals surface area contributed by atoms with Gasteiger partial charge < -0.3 is 15.1 Å². The Morgan fingerprint density at radius 2 is 1.50 bits per heavy atom. The number of hydrogen-bond acceptors (Lipinski definition) is 3. The minimum Gasteiger partial charge on any atom is -0.347 e. The summed E-state index contributed by atoms with van der Waals surface area (Å²) in [7, 11) is 0. The molecular weight excluding hydrogens is 306 g/mol. The summed E-state index contributed by atoms with van der Waals surface area (Å²) in [5, 5.41) is 2.67. The quantitative estimate of drug-likeness (QED) is 0.903. The Labute approximate surface area is 142 Å². The maximum atomic E-state index is 12.4. The lowest BCUT2D eigenvalue weighted by atomic mass is 9.96. The van der Waals surface area contributed by atoms with Crippen molar-refractivity contribution in [2.75, 3.05) is 32.7 Å². The highest BCUT2D eigenvalue weighted by Gasteiger charge is 2.26. The molecule has 0 atom stereocenters. The number of carbonyl (C=O) groups excluding carboxylic acids is 3. The monoisotopic (exact) mass is 331 g/mol. The summed E-state index contributed by atoms with van der Waals surface area (Å²) in [5.41, 5.74) is 0.149. The van der Waals surface area contributed by atoms with Crippen molar-refractivity contribution in [1.29, 1.82) is 0 Å². The molecule has 1 saturated heterocycles. The van der Waals surface area contributed by atoms with E-state index in [-0.39, 0.29) is 24.3 Å². The largest absolute Gasteiger partial charge is 0.347 e. The maximum Gasteiger partial charge on any atom is 0.253 e. The Kier molecular flexibility index (Phi) is 5.59. The number of nitrogens with one attached hydrogen (secondary N) is 1. The van der Waals surface area contributed by atoms with Gasteiger partial charge in [-0.25, -0.2) is 0 Å². The molecule has 1 aliphatic heterocycles. The number of rotatable bonds is 3. The van der Waals surface area contributed by atoms with Gasteiger partial charge in [-0.15, -0.1) is 0 Å². The average Bonchev–Trinajstić information content (AvgIpc) is 2.58. The molecule has 1 aromatic carbocycles. The SMILES string of the molecule is CC(C)(C)C(=O)NCC(=O)N1CCN(C(=O)c2ccccc2)CC1. The number of amides is 3. The van der Waals surface area contributed by atoms with E-state index in [1.54, 1.807) is 42.7 Å². The van der Waals surface area contributed by atoms with Gasteiger partial charge in [0, 0.05) is 37.2 Å². The third-order valence-electron chi connectivity index (χ3n) is 4.02. The Morgan fingerprint density at radius 1 is 0.958 bits per heavy atom. The minimum absolute atomic E-state index is 0.00271. The second-order valence-electron chi connectivity index (χ2n) is 6.97. The van der Waals surface area contributed by atoms with E-state index in [1.807, 2.05) is 18.2 Å². The van der Waals surface area contributed by atoms with Crippen LogP contribution in [-0.2, 0) is 9.59 Å². The lowest BCUT2D eigenvalue weighted by Gasteiger charge is -2.35. The smallest absolute Gasteiger partial charge is 0.253 e. The lowest BCUT2D eigenvalue weighted by Crippen LogP contribution is -2.53. The van der Waals surface area contributed by atoms with Crippen LogP contribution in [0.4, 0.5) is 0 Å². The molecule has 0 aliphatic carbocycles. The van der Waals surface area contributed by atoms with E-state index in [9.17, 15) is 14.4 Å². The van der Waals surface area contributed by atoms with E-state index in [1.165, 1.54) is 0 Å². The summed E-state index contributed by atoms with van der Waals surface area (Å²) in [6.07, 6.45) is 0. The molecule has 2 rings (SSSR count). The van der Waals surface area contributed by atoms with Gasteiger partial charge in [0.1, 0.15) is 0 Å². The fraction of sp³-hybridized carbons (Fsp3) is 0.500. The second kappa shape index (κ2) is 7.47. The van der Waals surface area contributed by atoms with Crippen molar-refractivity contribution in [2.45, 2.75) is 20.8 Å². The molecule has 0 unspecified atom stereocenters. The fourth-order valence-electron chi connectivity index (χ4n) is 2.46. The number of carbonyl (C=O) groups is 3.